The average Bonchev–Trinajstić information content (AvgIpc) is 3.30. The lowest BCUT2D eigenvalue weighted by atomic mass is 10.1. The van der Waals surface area contributed by atoms with Crippen molar-refractivity contribution >= 4 is 22.6 Å². The van der Waals surface area contributed by atoms with Crippen LogP contribution in [0.5, 0.6) is 17.4 Å². The molecule has 1 aliphatic heterocycles. The number of nitrogens with zero attached hydrogens (tertiary/aromatic N) is 4. The summed E-state index contributed by atoms with van der Waals surface area (Å²) >= 11 is 0. The Kier molecular flexibility index (Phi) is 7.39. The van der Waals surface area contributed by atoms with Crippen LogP contribution in [0.3, 0.4) is 0 Å². The van der Waals surface area contributed by atoms with Crippen molar-refractivity contribution in [2.75, 3.05) is 18.6 Å². The van der Waals surface area contributed by atoms with Gasteiger partial charge >= 0.3 is 12.4 Å². The van der Waals surface area contributed by atoms with Gasteiger partial charge in [0.25, 0.3) is 0 Å². The van der Waals surface area contributed by atoms with Crippen LogP contribution in [0, 0.1) is 0 Å². The number of aromatic nitrogens is 3. The number of amides is 1. The van der Waals surface area contributed by atoms with Gasteiger partial charge in [0.2, 0.25) is 5.88 Å². The molecule has 0 atom stereocenters. The molecular formula is C28H28F3N5O4. The molecule has 4 aromatic rings. The number of fused-ring (bicyclic) bond motifs is 2. The van der Waals surface area contributed by atoms with E-state index in [2.05, 4.69) is 24.9 Å². The van der Waals surface area contributed by atoms with Crippen molar-refractivity contribution in [3.8, 4) is 17.4 Å². The van der Waals surface area contributed by atoms with Crippen LogP contribution in [0.4, 0.5) is 23.7 Å². The van der Waals surface area contributed by atoms with Gasteiger partial charge in [-0.15, -0.1) is 13.2 Å². The van der Waals surface area contributed by atoms with Crippen LogP contribution in [0.15, 0.2) is 61.1 Å². The molecule has 0 saturated heterocycles. The summed E-state index contributed by atoms with van der Waals surface area (Å²) in [6, 6.07) is 11.5. The van der Waals surface area contributed by atoms with Gasteiger partial charge in [-0.05, 0) is 63.6 Å². The first-order valence-electron chi connectivity index (χ1n) is 12.6. The monoisotopic (exact) mass is 555 g/mol. The van der Waals surface area contributed by atoms with Crippen LogP contribution in [-0.4, -0.2) is 50.7 Å². The maximum atomic E-state index is 12.9. The number of anilines is 1. The van der Waals surface area contributed by atoms with Gasteiger partial charge in [0.05, 0.1) is 16.8 Å². The Bertz CT molecular complexity index is 1530. The molecular weight excluding hydrogens is 527 g/mol. The second-order valence-electron chi connectivity index (χ2n) is 10.3. The van der Waals surface area contributed by atoms with Gasteiger partial charge in [-0.1, -0.05) is 6.07 Å². The Labute approximate surface area is 228 Å². The van der Waals surface area contributed by atoms with Gasteiger partial charge in [0.1, 0.15) is 24.6 Å². The van der Waals surface area contributed by atoms with Gasteiger partial charge in [0, 0.05) is 42.0 Å². The number of nitrogens with one attached hydrogen (secondary N) is 1. The van der Waals surface area contributed by atoms with Crippen LogP contribution in [0.2, 0.25) is 0 Å². The van der Waals surface area contributed by atoms with E-state index in [4.69, 9.17) is 9.47 Å². The maximum Gasteiger partial charge on any atom is 0.573 e. The van der Waals surface area contributed by atoms with Gasteiger partial charge < -0.3 is 19.5 Å². The third kappa shape index (κ3) is 6.69. The van der Waals surface area contributed by atoms with E-state index in [-0.39, 0.29) is 11.3 Å². The molecule has 12 heteroatoms. The van der Waals surface area contributed by atoms with Gasteiger partial charge in [-0.2, -0.15) is 0 Å². The molecule has 40 heavy (non-hydrogen) atoms. The Morgan fingerprint density at radius 3 is 2.65 bits per heavy atom. The zero-order chi connectivity index (χ0) is 28.5. The standard InChI is InChI=1S/C28H28F3N5O4/c1-27(2,3)38-17-35-11-10-22-23(15-35)32-16-33-25(22)39-20-7-8-24-18(13-20)9-12-36(24)26(37)34-19-5-4-6-21(14-19)40-28(29,30)31/h4-9,12-14,16H,10-11,15,17H2,1-3H3,(H,34,37). The molecule has 0 bridgehead atoms. The van der Waals surface area contributed by atoms with Crippen LogP contribution in [0.25, 0.3) is 10.9 Å². The number of rotatable bonds is 6. The van der Waals surface area contributed by atoms with Crippen molar-refractivity contribution in [2.45, 2.75) is 45.7 Å². The molecule has 1 amide bonds. The molecule has 210 valence electrons. The van der Waals surface area contributed by atoms with E-state index in [9.17, 15) is 18.0 Å². The Balaban J connectivity index is 1.28. The summed E-state index contributed by atoms with van der Waals surface area (Å²) in [5.74, 6) is 0.600. The highest BCUT2D eigenvalue weighted by molar-refractivity contribution is 5.98. The van der Waals surface area contributed by atoms with E-state index < -0.39 is 18.1 Å². The number of benzene rings is 2. The minimum atomic E-state index is -4.83. The molecule has 1 N–H and O–H groups in total. The number of ether oxygens (including phenoxy) is 3. The highest BCUT2D eigenvalue weighted by atomic mass is 19.4. The first-order valence-corrected chi connectivity index (χ1v) is 12.6. The predicted molar refractivity (Wildman–Crippen MR) is 141 cm³/mol. The van der Waals surface area contributed by atoms with Crippen molar-refractivity contribution in [3.05, 3.63) is 72.3 Å². The number of halogens is 3. The van der Waals surface area contributed by atoms with E-state index in [1.54, 1.807) is 30.5 Å². The fourth-order valence-corrected chi connectivity index (χ4v) is 4.29. The van der Waals surface area contributed by atoms with Crippen LogP contribution in [-0.2, 0) is 17.7 Å². The third-order valence-electron chi connectivity index (χ3n) is 6.14. The van der Waals surface area contributed by atoms with Crippen molar-refractivity contribution in [1.29, 1.82) is 0 Å². The van der Waals surface area contributed by atoms with Gasteiger partial charge in [-0.3, -0.25) is 9.47 Å². The van der Waals surface area contributed by atoms with Crippen LogP contribution < -0.4 is 14.8 Å². The molecule has 2 aromatic heterocycles. The Morgan fingerprint density at radius 1 is 1.05 bits per heavy atom. The van der Waals surface area contributed by atoms with Crippen molar-refractivity contribution in [1.82, 2.24) is 19.4 Å². The maximum absolute atomic E-state index is 12.9. The molecule has 9 nitrogen and oxygen atoms in total. The van der Waals surface area contributed by atoms with E-state index in [0.29, 0.717) is 36.8 Å². The highest BCUT2D eigenvalue weighted by Gasteiger charge is 2.31. The average molecular weight is 556 g/mol. The first kappa shape index (κ1) is 27.4. The Morgan fingerprint density at radius 2 is 1.88 bits per heavy atom. The van der Waals surface area contributed by atoms with Gasteiger partial charge in [0.15, 0.2) is 0 Å². The highest BCUT2D eigenvalue weighted by Crippen LogP contribution is 2.31. The van der Waals surface area contributed by atoms with E-state index in [1.165, 1.54) is 23.0 Å². The molecule has 0 fully saturated rings. The van der Waals surface area contributed by atoms with Crippen molar-refractivity contribution < 1.29 is 32.2 Å². The number of carbonyl (C=O) groups is 1. The minimum absolute atomic E-state index is 0.158. The molecule has 0 saturated carbocycles. The molecule has 3 heterocycles. The largest absolute Gasteiger partial charge is 0.573 e. The van der Waals surface area contributed by atoms with Crippen LogP contribution in [0.1, 0.15) is 32.0 Å². The topological polar surface area (TPSA) is 90.7 Å². The summed E-state index contributed by atoms with van der Waals surface area (Å²) in [7, 11) is 0. The Hall–Kier alpha value is -4.16. The number of hydrogen-bond donors (Lipinski definition) is 1. The lowest BCUT2D eigenvalue weighted by Gasteiger charge is -2.31. The summed E-state index contributed by atoms with van der Waals surface area (Å²) in [5.41, 5.74) is 2.36. The lowest BCUT2D eigenvalue weighted by molar-refractivity contribution is -0.274. The smallest absolute Gasteiger partial charge is 0.439 e. The molecule has 0 radical (unpaired) electrons. The van der Waals surface area contributed by atoms with Crippen molar-refractivity contribution in [3.63, 3.8) is 0 Å². The van der Waals surface area contributed by atoms with Gasteiger partial charge in [-0.25, -0.2) is 14.8 Å². The van der Waals surface area contributed by atoms with Crippen LogP contribution >= 0.6 is 0 Å². The molecule has 0 unspecified atom stereocenters. The summed E-state index contributed by atoms with van der Waals surface area (Å²) in [4.78, 5) is 23.9. The number of hydrogen-bond acceptors (Lipinski definition) is 7. The zero-order valence-electron chi connectivity index (χ0n) is 22.2. The van der Waals surface area contributed by atoms with E-state index >= 15 is 0 Å². The molecule has 1 aliphatic rings. The zero-order valence-corrected chi connectivity index (χ0v) is 22.2. The fraction of sp³-hybridized carbons (Fsp3) is 0.321. The summed E-state index contributed by atoms with van der Waals surface area (Å²) in [6.45, 7) is 7.99. The molecule has 0 spiro atoms. The predicted octanol–water partition coefficient (Wildman–Crippen LogP) is 6.33. The number of alkyl halides is 3. The van der Waals surface area contributed by atoms with E-state index in [1.807, 2.05) is 20.8 Å². The summed E-state index contributed by atoms with van der Waals surface area (Å²) in [5, 5.41) is 3.32. The summed E-state index contributed by atoms with van der Waals surface area (Å²) < 4.78 is 54.9. The van der Waals surface area contributed by atoms with Crippen molar-refractivity contribution in [2.24, 2.45) is 0 Å². The number of carbonyl (C=O) groups excluding carboxylic acids is 1. The second-order valence-corrected chi connectivity index (χ2v) is 10.3. The molecule has 0 aliphatic carbocycles. The normalized spacial score (nSPS) is 14.2. The fourth-order valence-electron chi connectivity index (χ4n) is 4.29. The molecule has 2 aromatic carbocycles. The quantitative estimate of drug-likeness (QED) is 0.297. The first-order chi connectivity index (χ1) is 18.9. The third-order valence-corrected chi connectivity index (χ3v) is 6.14. The van der Waals surface area contributed by atoms with E-state index in [0.717, 1.165) is 35.3 Å². The summed E-state index contributed by atoms with van der Waals surface area (Å²) in [6.07, 6.45) is -1.06. The lowest BCUT2D eigenvalue weighted by Crippen LogP contribution is -2.36. The SMILES string of the molecule is CC(C)(C)OCN1CCc2c(ncnc2Oc2ccc3c(ccn3C(=O)Nc3cccc(OC(F)(F)F)c3)c2)C1. The molecule has 5 rings (SSSR count). The minimum Gasteiger partial charge on any atom is -0.439 e. The second kappa shape index (κ2) is 10.8.